The Kier molecular flexibility index (Phi) is 3.91. The summed E-state index contributed by atoms with van der Waals surface area (Å²) in [7, 11) is 0. The van der Waals surface area contributed by atoms with Crippen molar-refractivity contribution in [1.82, 2.24) is 0 Å². The molecule has 100 valence electrons. The van der Waals surface area contributed by atoms with Crippen LogP contribution in [0.4, 0.5) is 5.69 Å². The maximum absolute atomic E-state index is 11.9. The predicted octanol–water partition coefficient (Wildman–Crippen LogP) is 1.61. The lowest BCUT2D eigenvalue weighted by Gasteiger charge is -2.08. The number of benzene rings is 2. The van der Waals surface area contributed by atoms with Gasteiger partial charge in [-0.15, -0.1) is 0 Å². The monoisotopic (exact) mass is 268 g/mol. The summed E-state index contributed by atoms with van der Waals surface area (Å²) in [5.74, 6) is -2.16. The van der Waals surface area contributed by atoms with Gasteiger partial charge in [0.25, 0.3) is 17.6 Å². The van der Waals surface area contributed by atoms with Crippen molar-refractivity contribution in [3.8, 4) is 0 Å². The van der Waals surface area contributed by atoms with Crippen LogP contribution in [0.1, 0.15) is 20.7 Å². The molecule has 0 atom stereocenters. The molecule has 0 radical (unpaired) electrons. The number of hydrogen-bond acceptors (Lipinski definition) is 3. The topological polar surface area (TPSA) is 89.3 Å². The van der Waals surface area contributed by atoms with Gasteiger partial charge in [0.05, 0.1) is 11.3 Å². The van der Waals surface area contributed by atoms with Gasteiger partial charge in [-0.2, -0.15) is 0 Å². The summed E-state index contributed by atoms with van der Waals surface area (Å²) in [4.78, 5) is 35.0. The van der Waals surface area contributed by atoms with E-state index in [9.17, 15) is 14.4 Å². The first-order chi connectivity index (χ1) is 9.59. The van der Waals surface area contributed by atoms with Crippen molar-refractivity contribution in [2.45, 2.75) is 0 Å². The molecule has 0 spiro atoms. The van der Waals surface area contributed by atoms with E-state index in [1.807, 2.05) is 0 Å². The van der Waals surface area contributed by atoms with Crippen LogP contribution in [0.5, 0.6) is 0 Å². The Morgan fingerprint density at radius 2 is 1.45 bits per heavy atom. The number of para-hydroxylation sites is 1. The van der Waals surface area contributed by atoms with Gasteiger partial charge in [0.15, 0.2) is 0 Å². The highest BCUT2D eigenvalue weighted by Crippen LogP contribution is 2.14. The van der Waals surface area contributed by atoms with Crippen LogP contribution in [0.25, 0.3) is 0 Å². The minimum Gasteiger partial charge on any atom is -0.366 e. The molecule has 0 saturated heterocycles. The van der Waals surface area contributed by atoms with Crippen molar-refractivity contribution in [3.63, 3.8) is 0 Å². The number of amides is 2. The second kappa shape index (κ2) is 5.79. The molecule has 0 aliphatic rings. The number of carbonyl (C=O) groups excluding carboxylic acids is 3. The van der Waals surface area contributed by atoms with Crippen molar-refractivity contribution >= 4 is 23.3 Å². The molecule has 3 N–H and O–H groups in total. The number of anilines is 1. The Hall–Kier alpha value is -2.95. The van der Waals surface area contributed by atoms with E-state index in [0.717, 1.165) is 0 Å². The normalized spacial score (nSPS) is 9.80. The van der Waals surface area contributed by atoms with Crippen molar-refractivity contribution in [2.75, 3.05) is 5.32 Å². The van der Waals surface area contributed by atoms with E-state index in [-0.39, 0.29) is 16.8 Å². The summed E-state index contributed by atoms with van der Waals surface area (Å²) in [6.45, 7) is 0. The van der Waals surface area contributed by atoms with Gasteiger partial charge in [-0.25, -0.2) is 0 Å². The summed E-state index contributed by atoms with van der Waals surface area (Å²) in [5.41, 5.74) is 5.85. The lowest BCUT2D eigenvalue weighted by Crippen LogP contribution is -2.24. The molecule has 0 fully saturated rings. The molecule has 0 bridgehead atoms. The van der Waals surface area contributed by atoms with Crippen LogP contribution in [-0.4, -0.2) is 17.6 Å². The SMILES string of the molecule is NC(=O)c1ccccc1NC(=O)C(=O)c1ccccc1. The Labute approximate surface area is 115 Å². The average molecular weight is 268 g/mol. The Morgan fingerprint density at radius 1 is 0.850 bits per heavy atom. The molecule has 2 aromatic carbocycles. The minimum absolute atomic E-state index is 0.154. The lowest BCUT2D eigenvalue weighted by atomic mass is 10.1. The molecule has 5 nitrogen and oxygen atoms in total. The van der Waals surface area contributed by atoms with Crippen LogP contribution in [-0.2, 0) is 4.79 Å². The highest BCUT2D eigenvalue weighted by molar-refractivity contribution is 6.46. The third kappa shape index (κ3) is 2.89. The van der Waals surface area contributed by atoms with E-state index in [4.69, 9.17) is 5.73 Å². The van der Waals surface area contributed by atoms with E-state index < -0.39 is 17.6 Å². The highest BCUT2D eigenvalue weighted by Gasteiger charge is 2.18. The zero-order valence-corrected chi connectivity index (χ0v) is 10.5. The van der Waals surface area contributed by atoms with Crippen LogP contribution in [0.3, 0.4) is 0 Å². The van der Waals surface area contributed by atoms with Gasteiger partial charge in [-0.05, 0) is 12.1 Å². The van der Waals surface area contributed by atoms with E-state index in [1.54, 1.807) is 42.5 Å². The largest absolute Gasteiger partial charge is 0.366 e. The third-order valence-electron chi connectivity index (χ3n) is 2.68. The maximum Gasteiger partial charge on any atom is 0.296 e. The molecule has 2 amide bonds. The molecule has 0 heterocycles. The van der Waals surface area contributed by atoms with Crippen molar-refractivity contribution in [1.29, 1.82) is 0 Å². The molecule has 5 heteroatoms. The number of ketones is 1. The molecular formula is C15H12N2O3. The Morgan fingerprint density at radius 3 is 2.10 bits per heavy atom. The number of nitrogens with one attached hydrogen (secondary N) is 1. The molecule has 2 rings (SSSR count). The summed E-state index contributed by atoms with van der Waals surface area (Å²) in [6, 6.07) is 14.4. The van der Waals surface area contributed by atoms with Crippen LogP contribution in [0.2, 0.25) is 0 Å². The van der Waals surface area contributed by atoms with Gasteiger partial charge in [-0.3, -0.25) is 14.4 Å². The summed E-state index contributed by atoms with van der Waals surface area (Å²) in [5, 5.41) is 2.40. The van der Waals surface area contributed by atoms with Crippen LogP contribution in [0, 0.1) is 0 Å². The summed E-state index contributed by atoms with van der Waals surface area (Å²) in [6.07, 6.45) is 0. The first-order valence-electron chi connectivity index (χ1n) is 5.89. The molecule has 0 aromatic heterocycles. The maximum atomic E-state index is 11.9. The number of nitrogens with two attached hydrogens (primary N) is 1. The number of carbonyl (C=O) groups is 3. The van der Waals surface area contributed by atoms with Gasteiger partial charge in [-0.1, -0.05) is 42.5 Å². The Balaban J connectivity index is 2.21. The number of Topliss-reactive ketones (excluding diaryl/α,β-unsaturated/α-hetero) is 1. The van der Waals surface area contributed by atoms with E-state index in [1.165, 1.54) is 12.1 Å². The zero-order valence-electron chi connectivity index (χ0n) is 10.5. The standard InChI is InChI=1S/C15H12N2O3/c16-14(19)11-8-4-5-9-12(11)17-15(20)13(18)10-6-2-1-3-7-10/h1-9H,(H2,16,19)(H,17,20). The summed E-state index contributed by atoms with van der Waals surface area (Å²) >= 11 is 0. The average Bonchev–Trinajstić information content (AvgIpc) is 2.47. The first kappa shape index (κ1) is 13.5. The smallest absolute Gasteiger partial charge is 0.296 e. The van der Waals surface area contributed by atoms with Gasteiger partial charge in [0.2, 0.25) is 0 Å². The fraction of sp³-hybridized carbons (Fsp3) is 0. The predicted molar refractivity (Wildman–Crippen MR) is 74.4 cm³/mol. The van der Waals surface area contributed by atoms with E-state index in [0.29, 0.717) is 0 Å². The number of primary amides is 1. The van der Waals surface area contributed by atoms with Crippen molar-refractivity contribution in [3.05, 3.63) is 65.7 Å². The molecule has 0 saturated carbocycles. The molecule has 20 heavy (non-hydrogen) atoms. The number of hydrogen-bond donors (Lipinski definition) is 2. The van der Waals surface area contributed by atoms with Gasteiger partial charge < -0.3 is 11.1 Å². The van der Waals surface area contributed by atoms with E-state index >= 15 is 0 Å². The quantitative estimate of drug-likeness (QED) is 0.652. The van der Waals surface area contributed by atoms with Crippen LogP contribution < -0.4 is 11.1 Å². The minimum atomic E-state index is -0.815. The number of rotatable bonds is 4. The highest BCUT2D eigenvalue weighted by atomic mass is 16.2. The van der Waals surface area contributed by atoms with Crippen molar-refractivity contribution < 1.29 is 14.4 Å². The van der Waals surface area contributed by atoms with Crippen LogP contribution in [0.15, 0.2) is 54.6 Å². The second-order valence-electron chi connectivity index (χ2n) is 4.06. The lowest BCUT2D eigenvalue weighted by molar-refractivity contribution is -0.112. The fourth-order valence-corrected chi connectivity index (χ4v) is 1.71. The van der Waals surface area contributed by atoms with E-state index in [2.05, 4.69) is 5.32 Å². The molecule has 2 aromatic rings. The molecular weight excluding hydrogens is 256 g/mol. The Bertz CT molecular complexity index is 666. The zero-order chi connectivity index (χ0) is 14.5. The molecule has 0 aliphatic carbocycles. The third-order valence-corrected chi connectivity index (χ3v) is 2.68. The molecule has 0 unspecified atom stereocenters. The van der Waals surface area contributed by atoms with Crippen molar-refractivity contribution in [2.24, 2.45) is 5.73 Å². The first-order valence-corrected chi connectivity index (χ1v) is 5.89. The van der Waals surface area contributed by atoms with Gasteiger partial charge in [0.1, 0.15) is 0 Å². The van der Waals surface area contributed by atoms with Gasteiger partial charge in [0, 0.05) is 5.56 Å². The second-order valence-corrected chi connectivity index (χ2v) is 4.06. The summed E-state index contributed by atoms with van der Waals surface area (Å²) < 4.78 is 0. The molecule has 0 aliphatic heterocycles. The fourth-order valence-electron chi connectivity index (χ4n) is 1.71. The van der Waals surface area contributed by atoms with Crippen LogP contribution >= 0.6 is 0 Å². The van der Waals surface area contributed by atoms with Gasteiger partial charge >= 0.3 is 0 Å².